The van der Waals surface area contributed by atoms with E-state index in [-0.39, 0.29) is 17.6 Å². The van der Waals surface area contributed by atoms with E-state index in [1.165, 1.54) is 22.9 Å². The normalized spacial score (nSPS) is 21.4. The third-order valence-electron chi connectivity index (χ3n) is 3.40. The fourth-order valence-corrected chi connectivity index (χ4v) is 5.00. The lowest BCUT2D eigenvalue weighted by Gasteiger charge is -2.28. The molecule has 0 saturated heterocycles. The van der Waals surface area contributed by atoms with E-state index < -0.39 is 0 Å². The van der Waals surface area contributed by atoms with Gasteiger partial charge in [-0.25, -0.2) is 4.39 Å². The van der Waals surface area contributed by atoms with Gasteiger partial charge < -0.3 is 10.1 Å². The Labute approximate surface area is 126 Å². The maximum Gasteiger partial charge on any atom is 0.165 e. The SMILES string of the molecule is COc1cc(NC2C[C@H](C)Sc3sccc32)ccc1F. The van der Waals surface area contributed by atoms with Gasteiger partial charge in [-0.3, -0.25) is 0 Å². The molecule has 0 spiro atoms. The van der Waals surface area contributed by atoms with E-state index >= 15 is 0 Å². The van der Waals surface area contributed by atoms with Gasteiger partial charge in [0, 0.05) is 17.0 Å². The fraction of sp³-hybridized carbons (Fsp3) is 0.333. The van der Waals surface area contributed by atoms with E-state index in [2.05, 4.69) is 23.7 Å². The molecule has 1 aliphatic heterocycles. The van der Waals surface area contributed by atoms with E-state index in [1.807, 2.05) is 11.8 Å². The first-order valence-corrected chi connectivity index (χ1v) is 8.27. The summed E-state index contributed by atoms with van der Waals surface area (Å²) in [6, 6.07) is 7.38. The van der Waals surface area contributed by atoms with Crippen LogP contribution in [0.3, 0.4) is 0 Å². The summed E-state index contributed by atoms with van der Waals surface area (Å²) in [4.78, 5) is 0. The van der Waals surface area contributed by atoms with Crippen molar-refractivity contribution in [1.82, 2.24) is 0 Å². The Morgan fingerprint density at radius 1 is 1.35 bits per heavy atom. The largest absolute Gasteiger partial charge is 0.494 e. The van der Waals surface area contributed by atoms with Crippen molar-refractivity contribution in [2.24, 2.45) is 0 Å². The number of benzene rings is 1. The lowest BCUT2D eigenvalue weighted by molar-refractivity contribution is 0.386. The number of hydrogen-bond donors (Lipinski definition) is 1. The summed E-state index contributed by atoms with van der Waals surface area (Å²) in [5.74, 6) is -0.0550. The van der Waals surface area contributed by atoms with Gasteiger partial charge in [0.05, 0.1) is 17.4 Å². The summed E-state index contributed by atoms with van der Waals surface area (Å²) in [5.41, 5.74) is 2.24. The number of thioether (sulfide) groups is 1. The van der Waals surface area contributed by atoms with Crippen LogP contribution in [0.4, 0.5) is 10.1 Å². The van der Waals surface area contributed by atoms with Crippen molar-refractivity contribution < 1.29 is 9.13 Å². The van der Waals surface area contributed by atoms with E-state index in [1.54, 1.807) is 23.5 Å². The van der Waals surface area contributed by atoms with Gasteiger partial charge in [-0.1, -0.05) is 6.92 Å². The number of ether oxygens (including phenoxy) is 1. The Bertz CT molecular complexity index is 614. The van der Waals surface area contributed by atoms with Crippen LogP contribution >= 0.6 is 23.1 Å². The predicted molar refractivity (Wildman–Crippen MR) is 83.6 cm³/mol. The van der Waals surface area contributed by atoms with Crippen molar-refractivity contribution >= 4 is 28.8 Å². The molecule has 5 heteroatoms. The molecule has 0 radical (unpaired) electrons. The second-order valence-corrected chi connectivity index (χ2v) is 7.50. The maximum atomic E-state index is 13.4. The van der Waals surface area contributed by atoms with Crippen molar-refractivity contribution in [2.45, 2.75) is 28.8 Å². The van der Waals surface area contributed by atoms with Crippen LogP contribution in [-0.2, 0) is 0 Å². The van der Waals surface area contributed by atoms with Gasteiger partial charge in [-0.15, -0.1) is 23.1 Å². The maximum absolute atomic E-state index is 13.4. The number of halogens is 1. The molecule has 1 aromatic heterocycles. The molecule has 106 valence electrons. The standard InChI is InChI=1S/C15H16FNOS2/c1-9-7-13(11-5-6-19-15(11)20-9)17-10-3-4-12(16)14(8-10)18-2/h3-6,8-9,13,17H,7H2,1-2H3/t9-,13?/m0/s1. The average Bonchev–Trinajstić information content (AvgIpc) is 2.89. The van der Waals surface area contributed by atoms with E-state index in [0.29, 0.717) is 5.25 Å². The lowest BCUT2D eigenvalue weighted by atomic mass is 10.0. The Morgan fingerprint density at radius 3 is 3.00 bits per heavy atom. The summed E-state index contributed by atoms with van der Waals surface area (Å²) in [5, 5.41) is 6.22. The highest BCUT2D eigenvalue weighted by Crippen LogP contribution is 2.45. The molecule has 1 aliphatic rings. The van der Waals surface area contributed by atoms with Gasteiger partial charge in [0.1, 0.15) is 0 Å². The topological polar surface area (TPSA) is 21.3 Å². The van der Waals surface area contributed by atoms with Crippen LogP contribution in [0.15, 0.2) is 33.9 Å². The summed E-state index contributed by atoms with van der Waals surface area (Å²) in [6.07, 6.45) is 1.06. The van der Waals surface area contributed by atoms with Crippen LogP contribution in [0.1, 0.15) is 24.9 Å². The summed E-state index contributed by atoms with van der Waals surface area (Å²) in [6.45, 7) is 2.24. The minimum Gasteiger partial charge on any atom is -0.494 e. The number of anilines is 1. The highest BCUT2D eigenvalue weighted by Gasteiger charge is 2.26. The molecule has 2 aromatic rings. The number of hydrogen-bond acceptors (Lipinski definition) is 4. The number of thiophene rings is 1. The van der Waals surface area contributed by atoms with Gasteiger partial charge in [0.15, 0.2) is 11.6 Å². The van der Waals surface area contributed by atoms with Crippen LogP contribution in [0, 0.1) is 5.82 Å². The van der Waals surface area contributed by atoms with Crippen molar-refractivity contribution in [3.05, 3.63) is 41.0 Å². The zero-order chi connectivity index (χ0) is 14.1. The molecule has 0 amide bonds. The van der Waals surface area contributed by atoms with Crippen LogP contribution in [0.5, 0.6) is 5.75 Å². The van der Waals surface area contributed by atoms with Crippen molar-refractivity contribution in [1.29, 1.82) is 0 Å². The van der Waals surface area contributed by atoms with Gasteiger partial charge in [-0.2, -0.15) is 0 Å². The molecule has 0 aliphatic carbocycles. The third-order valence-corrected chi connectivity index (χ3v) is 5.75. The summed E-state index contributed by atoms with van der Waals surface area (Å²) < 4.78 is 19.9. The molecule has 2 atom stereocenters. The first-order chi connectivity index (χ1) is 9.67. The monoisotopic (exact) mass is 309 g/mol. The van der Waals surface area contributed by atoms with E-state index in [9.17, 15) is 4.39 Å². The summed E-state index contributed by atoms with van der Waals surface area (Å²) >= 11 is 3.73. The summed E-state index contributed by atoms with van der Waals surface area (Å²) in [7, 11) is 1.48. The Hall–Kier alpha value is -1.20. The van der Waals surface area contributed by atoms with Crippen molar-refractivity contribution in [3.8, 4) is 5.75 Å². The Morgan fingerprint density at radius 2 is 2.20 bits per heavy atom. The number of fused-ring (bicyclic) bond motifs is 1. The third kappa shape index (κ3) is 2.65. The second kappa shape index (κ2) is 5.66. The molecule has 2 heterocycles. The molecule has 20 heavy (non-hydrogen) atoms. The highest BCUT2D eigenvalue weighted by molar-refractivity contribution is 8.01. The lowest BCUT2D eigenvalue weighted by Crippen LogP contribution is -2.19. The fourth-order valence-electron chi connectivity index (χ4n) is 2.44. The van der Waals surface area contributed by atoms with E-state index in [0.717, 1.165) is 12.1 Å². The number of methoxy groups -OCH3 is 1. The average molecular weight is 309 g/mol. The van der Waals surface area contributed by atoms with E-state index in [4.69, 9.17) is 4.74 Å². The first-order valence-electron chi connectivity index (χ1n) is 6.51. The predicted octanol–water partition coefficient (Wildman–Crippen LogP) is 4.93. The molecule has 3 rings (SSSR count). The highest BCUT2D eigenvalue weighted by atomic mass is 32.2. The van der Waals surface area contributed by atoms with Crippen molar-refractivity contribution in [2.75, 3.05) is 12.4 Å². The zero-order valence-electron chi connectivity index (χ0n) is 11.4. The molecular formula is C15H16FNOS2. The van der Waals surface area contributed by atoms with Crippen LogP contribution in [-0.4, -0.2) is 12.4 Å². The molecule has 0 fully saturated rings. The molecular weight excluding hydrogens is 293 g/mol. The minimum absolute atomic E-state index is 0.277. The van der Waals surface area contributed by atoms with Crippen LogP contribution < -0.4 is 10.1 Å². The molecule has 0 saturated carbocycles. The van der Waals surface area contributed by atoms with Gasteiger partial charge in [0.2, 0.25) is 0 Å². The second-order valence-electron chi connectivity index (χ2n) is 4.87. The van der Waals surface area contributed by atoms with Gasteiger partial charge >= 0.3 is 0 Å². The van der Waals surface area contributed by atoms with Gasteiger partial charge in [0.25, 0.3) is 0 Å². The molecule has 1 N–H and O–H groups in total. The Kier molecular flexibility index (Phi) is 3.89. The molecule has 1 aromatic carbocycles. The number of rotatable bonds is 3. The van der Waals surface area contributed by atoms with Crippen molar-refractivity contribution in [3.63, 3.8) is 0 Å². The minimum atomic E-state index is -0.332. The Balaban J connectivity index is 1.85. The van der Waals surface area contributed by atoms with Crippen LogP contribution in [0.2, 0.25) is 0 Å². The first kappa shape index (κ1) is 13.8. The molecule has 1 unspecified atom stereocenters. The smallest absolute Gasteiger partial charge is 0.165 e. The van der Waals surface area contributed by atoms with Gasteiger partial charge in [-0.05, 0) is 35.6 Å². The van der Waals surface area contributed by atoms with Crippen LogP contribution in [0.25, 0.3) is 0 Å². The number of nitrogens with one attached hydrogen (secondary N) is 1. The quantitative estimate of drug-likeness (QED) is 0.868. The molecule has 0 bridgehead atoms. The zero-order valence-corrected chi connectivity index (χ0v) is 13.0. The molecule has 2 nitrogen and oxygen atoms in total.